The van der Waals surface area contributed by atoms with Crippen LogP contribution in [0.1, 0.15) is 0 Å². The molecule has 1 aromatic carbocycles. The molecule has 0 spiro atoms. The van der Waals surface area contributed by atoms with Crippen molar-refractivity contribution < 1.29 is 4.74 Å². The number of fused-ring (bicyclic) bond motifs is 1. The van der Waals surface area contributed by atoms with Gasteiger partial charge in [-0.15, -0.1) is 0 Å². The molecule has 2 fully saturated rings. The fourth-order valence-corrected chi connectivity index (χ4v) is 3.70. The zero-order valence-corrected chi connectivity index (χ0v) is 14.6. The Morgan fingerprint density at radius 3 is 2.46 bits per heavy atom. The van der Waals surface area contributed by atoms with Crippen LogP contribution in [0, 0.1) is 0 Å². The van der Waals surface area contributed by atoms with Crippen molar-refractivity contribution in [3.8, 4) is 11.3 Å². The summed E-state index contributed by atoms with van der Waals surface area (Å²) in [5.41, 5.74) is 9.86. The number of anilines is 2. The predicted molar refractivity (Wildman–Crippen MR) is 101 cm³/mol. The van der Waals surface area contributed by atoms with E-state index >= 15 is 0 Å². The van der Waals surface area contributed by atoms with Crippen molar-refractivity contribution in [3.05, 3.63) is 42.9 Å². The van der Waals surface area contributed by atoms with Crippen LogP contribution in [0.5, 0.6) is 0 Å². The first-order valence-corrected chi connectivity index (χ1v) is 9.04. The Kier molecular flexibility index (Phi) is 3.76. The maximum atomic E-state index is 5.90. The van der Waals surface area contributed by atoms with E-state index in [0.29, 0.717) is 17.5 Å². The van der Waals surface area contributed by atoms with Crippen LogP contribution in [0.4, 0.5) is 11.5 Å². The minimum Gasteiger partial charge on any atom is -0.381 e. The van der Waals surface area contributed by atoms with Gasteiger partial charge in [0.2, 0.25) is 0 Å². The number of nitrogens with two attached hydrogens (primary N) is 1. The van der Waals surface area contributed by atoms with Gasteiger partial charge in [-0.1, -0.05) is 12.1 Å². The van der Waals surface area contributed by atoms with Crippen molar-refractivity contribution >= 4 is 17.2 Å². The van der Waals surface area contributed by atoms with Crippen molar-refractivity contribution in [1.29, 1.82) is 0 Å². The average molecular weight is 350 g/mol. The molecule has 2 aliphatic rings. The quantitative estimate of drug-likeness (QED) is 0.772. The summed E-state index contributed by atoms with van der Waals surface area (Å²) in [5, 5.41) is 0. The highest BCUT2D eigenvalue weighted by molar-refractivity contribution is 5.69. The number of ether oxygens (including phenoxy) is 1. The van der Waals surface area contributed by atoms with Crippen LogP contribution in [0.15, 0.2) is 42.9 Å². The molecule has 3 aromatic rings. The standard InChI is InChI=1S/C19H22N6O/c20-18-19-22-17(11-25(19)6-5-21-18)14-1-3-15(4-2-14)23-7-9-24(10-8-23)16-12-26-13-16/h1-6,11,16H,7-10,12-13H2,(H2,20,21). The second kappa shape index (κ2) is 6.26. The van der Waals surface area contributed by atoms with Crippen LogP contribution in [0.3, 0.4) is 0 Å². The van der Waals surface area contributed by atoms with Gasteiger partial charge in [-0.3, -0.25) is 4.90 Å². The van der Waals surface area contributed by atoms with Gasteiger partial charge in [-0.2, -0.15) is 0 Å². The molecule has 0 atom stereocenters. The van der Waals surface area contributed by atoms with Crippen molar-refractivity contribution in [2.24, 2.45) is 0 Å². The highest BCUT2D eigenvalue weighted by Gasteiger charge is 2.28. The third-order valence-electron chi connectivity index (χ3n) is 5.38. The van der Waals surface area contributed by atoms with Gasteiger partial charge < -0.3 is 19.8 Å². The molecule has 4 heterocycles. The topological polar surface area (TPSA) is 71.9 Å². The molecule has 7 nitrogen and oxygen atoms in total. The van der Waals surface area contributed by atoms with E-state index in [2.05, 4.69) is 44.0 Å². The Labute approximate surface area is 152 Å². The summed E-state index contributed by atoms with van der Waals surface area (Å²) in [7, 11) is 0. The van der Waals surface area contributed by atoms with Crippen LogP contribution >= 0.6 is 0 Å². The fraction of sp³-hybridized carbons (Fsp3) is 0.368. The number of piperazine rings is 1. The average Bonchev–Trinajstić information content (AvgIpc) is 3.07. The molecule has 0 unspecified atom stereocenters. The second-order valence-electron chi connectivity index (χ2n) is 6.93. The molecule has 26 heavy (non-hydrogen) atoms. The molecule has 2 aliphatic heterocycles. The Balaban J connectivity index is 1.31. The van der Waals surface area contributed by atoms with E-state index in [4.69, 9.17) is 10.5 Å². The zero-order chi connectivity index (χ0) is 17.5. The molecule has 7 heteroatoms. The lowest BCUT2D eigenvalue weighted by atomic mass is 10.1. The van der Waals surface area contributed by atoms with Crippen molar-refractivity contribution in [1.82, 2.24) is 19.3 Å². The summed E-state index contributed by atoms with van der Waals surface area (Å²) in [6.45, 7) is 6.13. The molecule has 134 valence electrons. The van der Waals surface area contributed by atoms with Gasteiger partial charge in [0.05, 0.1) is 24.9 Å². The van der Waals surface area contributed by atoms with Crippen LogP contribution in [0.25, 0.3) is 16.9 Å². The SMILES string of the molecule is Nc1nccn2cc(-c3ccc(N4CCN(C5COC5)CC4)cc3)nc12. The van der Waals surface area contributed by atoms with Gasteiger partial charge in [-0.05, 0) is 12.1 Å². The molecule has 2 N–H and O–H groups in total. The maximum Gasteiger partial charge on any atom is 0.180 e. The number of nitrogen functional groups attached to an aromatic ring is 1. The molecular weight excluding hydrogens is 328 g/mol. The van der Waals surface area contributed by atoms with Crippen molar-refractivity contribution in [3.63, 3.8) is 0 Å². The number of aromatic nitrogens is 3. The highest BCUT2D eigenvalue weighted by atomic mass is 16.5. The van der Waals surface area contributed by atoms with Crippen LogP contribution in [0.2, 0.25) is 0 Å². The second-order valence-corrected chi connectivity index (χ2v) is 6.93. The number of hydrogen-bond donors (Lipinski definition) is 1. The largest absolute Gasteiger partial charge is 0.381 e. The highest BCUT2D eigenvalue weighted by Crippen LogP contribution is 2.25. The summed E-state index contributed by atoms with van der Waals surface area (Å²) in [5.74, 6) is 0.449. The predicted octanol–water partition coefficient (Wildman–Crippen LogP) is 1.50. The lowest BCUT2D eigenvalue weighted by Crippen LogP contribution is -2.56. The first-order valence-electron chi connectivity index (χ1n) is 9.04. The van der Waals surface area contributed by atoms with Gasteiger partial charge in [0.1, 0.15) is 0 Å². The Morgan fingerprint density at radius 1 is 1.04 bits per heavy atom. The molecule has 0 bridgehead atoms. The lowest BCUT2D eigenvalue weighted by Gasteiger charge is -2.43. The van der Waals surface area contributed by atoms with E-state index in [1.54, 1.807) is 6.20 Å². The van der Waals surface area contributed by atoms with E-state index in [1.807, 2.05) is 16.8 Å². The summed E-state index contributed by atoms with van der Waals surface area (Å²) >= 11 is 0. The number of benzene rings is 1. The van der Waals surface area contributed by atoms with Gasteiger partial charge >= 0.3 is 0 Å². The molecule has 0 saturated carbocycles. The van der Waals surface area contributed by atoms with Crippen LogP contribution in [-0.2, 0) is 4.74 Å². The maximum absolute atomic E-state index is 5.90. The van der Waals surface area contributed by atoms with E-state index in [-0.39, 0.29) is 0 Å². The van der Waals surface area contributed by atoms with Gasteiger partial charge in [0, 0.05) is 56.0 Å². The molecular formula is C19H22N6O. The normalized spacial score (nSPS) is 19.0. The fourth-order valence-electron chi connectivity index (χ4n) is 3.70. The minimum atomic E-state index is 0.449. The summed E-state index contributed by atoms with van der Waals surface area (Å²) in [4.78, 5) is 13.7. The van der Waals surface area contributed by atoms with Crippen molar-refractivity contribution in [2.75, 3.05) is 50.0 Å². The molecule has 0 radical (unpaired) electrons. The smallest absolute Gasteiger partial charge is 0.180 e. The number of nitrogens with zero attached hydrogens (tertiary/aromatic N) is 5. The van der Waals surface area contributed by atoms with E-state index < -0.39 is 0 Å². The molecule has 2 saturated heterocycles. The first kappa shape index (κ1) is 15.6. The monoisotopic (exact) mass is 350 g/mol. The van der Waals surface area contributed by atoms with E-state index in [1.165, 1.54) is 5.69 Å². The lowest BCUT2D eigenvalue weighted by molar-refractivity contribution is -0.0660. The van der Waals surface area contributed by atoms with Gasteiger partial charge in [-0.25, -0.2) is 9.97 Å². The number of rotatable bonds is 3. The third-order valence-corrected chi connectivity index (χ3v) is 5.38. The first-order chi connectivity index (χ1) is 12.8. The molecule has 5 rings (SSSR count). The minimum absolute atomic E-state index is 0.449. The third kappa shape index (κ3) is 2.69. The summed E-state index contributed by atoms with van der Waals surface area (Å²) < 4.78 is 7.22. The Bertz CT molecular complexity index is 909. The zero-order valence-electron chi connectivity index (χ0n) is 14.6. The molecule has 0 aliphatic carbocycles. The summed E-state index contributed by atoms with van der Waals surface area (Å²) in [6.07, 6.45) is 5.54. The molecule has 2 aromatic heterocycles. The summed E-state index contributed by atoms with van der Waals surface area (Å²) in [6, 6.07) is 9.27. The van der Waals surface area contributed by atoms with Gasteiger partial charge in [0.25, 0.3) is 0 Å². The number of hydrogen-bond acceptors (Lipinski definition) is 6. The van der Waals surface area contributed by atoms with E-state index in [9.17, 15) is 0 Å². The van der Waals surface area contributed by atoms with Crippen molar-refractivity contribution in [2.45, 2.75) is 6.04 Å². The van der Waals surface area contributed by atoms with Crippen LogP contribution < -0.4 is 10.6 Å². The Morgan fingerprint density at radius 2 is 1.81 bits per heavy atom. The van der Waals surface area contributed by atoms with Gasteiger partial charge in [0.15, 0.2) is 11.5 Å². The Hall–Kier alpha value is -2.64. The van der Waals surface area contributed by atoms with E-state index in [0.717, 1.165) is 50.7 Å². The molecule has 0 amide bonds. The van der Waals surface area contributed by atoms with Crippen LogP contribution in [-0.4, -0.2) is 64.7 Å². The number of imidazole rings is 1.